The number of halogens is 3. The molecule has 0 saturated carbocycles. The molecule has 0 bridgehead atoms. The number of rotatable bonds is 2. The molecule has 8 heteroatoms. The Morgan fingerprint density at radius 1 is 1.35 bits per heavy atom. The molecule has 1 aliphatic heterocycles. The van der Waals surface area contributed by atoms with E-state index in [1.54, 1.807) is 6.20 Å². The third-order valence-electron chi connectivity index (χ3n) is 3.60. The summed E-state index contributed by atoms with van der Waals surface area (Å²) < 4.78 is 38.6. The largest absolute Gasteiger partial charge is 0.435 e. The van der Waals surface area contributed by atoms with Crippen molar-refractivity contribution < 1.29 is 13.2 Å². The molecule has 0 saturated heterocycles. The van der Waals surface area contributed by atoms with Crippen molar-refractivity contribution in [2.75, 3.05) is 6.54 Å². The Balaban J connectivity index is 1.81. The minimum Gasteiger partial charge on any atom is -0.293 e. The lowest BCUT2D eigenvalue weighted by molar-refractivity contribution is -0.142. The van der Waals surface area contributed by atoms with Gasteiger partial charge in [-0.3, -0.25) is 15.1 Å². The molecule has 2 aromatic rings. The van der Waals surface area contributed by atoms with Crippen LogP contribution in [-0.4, -0.2) is 31.8 Å². The number of alkyl halides is 3. The normalized spacial score (nSPS) is 16.4. The highest BCUT2D eigenvalue weighted by molar-refractivity contribution is 5.29. The summed E-state index contributed by atoms with van der Waals surface area (Å²) in [5, 5.41) is 12.7. The molecule has 0 fully saturated rings. The first-order valence-corrected chi connectivity index (χ1v) is 6.29. The van der Waals surface area contributed by atoms with Crippen molar-refractivity contribution in [3.05, 3.63) is 34.4 Å². The Bertz CT molecular complexity index is 613. The molecule has 0 aliphatic carbocycles. The smallest absolute Gasteiger partial charge is 0.293 e. The highest BCUT2D eigenvalue weighted by Gasteiger charge is 2.39. The average molecular weight is 285 g/mol. The fraction of sp³-hybridized carbons (Fsp3) is 0.500. The van der Waals surface area contributed by atoms with Crippen molar-refractivity contribution in [1.82, 2.24) is 25.3 Å². The molecule has 0 radical (unpaired) electrons. The summed E-state index contributed by atoms with van der Waals surface area (Å²) >= 11 is 0. The van der Waals surface area contributed by atoms with E-state index < -0.39 is 11.9 Å². The molecule has 3 rings (SSSR count). The molecule has 0 amide bonds. The van der Waals surface area contributed by atoms with Crippen LogP contribution in [0.15, 0.2) is 6.20 Å². The first-order chi connectivity index (χ1) is 9.45. The quantitative estimate of drug-likeness (QED) is 0.887. The predicted molar refractivity (Wildman–Crippen MR) is 64.7 cm³/mol. The summed E-state index contributed by atoms with van der Waals surface area (Å²) in [7, 11) is 0. The number of fused-ring (bicyclic) bond motifs is 1. The van der Waals surface area contributed by atoms with Crippen molar-refractivity contribution in [2.45, 2.75) is 32.6 Å². The maximum absolute atomic E-state index is 12.9. The molecule has 5 nitrogen and oxygen atoms in total. The number of aryl methyl sites for hydroxylation is 1. The number of hydrogen-bond donors (Lipinski definition) is 2. The van der Waals surface area contributed by atoms with Crippen LogP contribution in [0.5, 0.6) is 0 Å². The van der Waals surface area contributed by atoms with Crippen LogP contribution in [0.1, 0.15) is 28.2 Å². The van der Waals surface area contributed by atoms with Gasteiger partial charge in [0.1, 0.15) is 0 Å². The van der Waals surface area contributed by atoms with Crippen molar-refractivity contribution >= 4 is 0 Å². The number of nitrogens with one attached hydrogen (secondary N) is 2. The Kier molecular flexibility index (Phi) is 3.04. The summed E-state index contributed by atoms with van der Waals surface area (Å²) in [5.74, 6) is 0. The van der Waals surface area contributed by atoms with Gasteiger partial charge in [0.05, 0.1) is 11.9 Å². The zero-order chi connectivity index (χ0) is 14.3. The molecule has 0 atom stereocenters. The van der Waals surface area contributed by atoms with Gasteiger partial charge in [0.2, 0.25) is 0 Å². The van der Waals surface area contributed by atoms with Gasteiger partial charge in [0.25, 0.3) is 0 Å². The first kappa shape index (κ1) is 13.2. The molecule has 0 unspecified atom stereocenters. The Morgan fingerprint density at radius 3 is 2.80 bits per heavy atom. The van der Waals surface area contributed by atoms with Crippen LogP contribution in [0.25, 0.3) is 0 Å². The van der Waals surface area contributed by atoms with Crippen molar-refractivity contribution in [1.29, 1.82) is 0 Å². The number of nitrogens with zero attached hydrogens (tertiary/aromatic N) is 3. The first-order valence-electron chi connectivity index (χ1n) is 6.29. The standard InChI is InChI=1S/C12H14F3N5/c1-7-4-16-17-10(7)6-20-3-2-9-8(5-20)11(19-18-9)12(13,14)15/h4H,2-3,5-6H2,1H3,(H,16,17)(H,18,19). The second kappa shape index (κ2) is 4.62. The van der Waals surface area contributed by atoms with Crippen molar-refractivity contribution in [2.24, 2.45) is 0 Å². The Hall–Kier alpha value is -1.83. The molecule has 2 aromatic heterocycles. The van der Waals surface area contributed by atoms with Crippen molar-refractivity contribution in [3.8, 4) is 0 Å². The summed E-state index contributed by atoms with van der Waals surface area (Å²) in [5.41, 5.74) is 2.01. The van der Waals surface area contributed by atoms with Gasteiger partial charge in [-0.05, 0) is 12.5 Å². The van der Waals surface area contributed by atoms with Crippen LogP contribution in [0.2, 0.25) is 0 Å². The fourth-order valence-electron chi connectivity index (χ4n) is 2.48. The van der Waals surface area contributed by atoms with Crippen LogP contribution in [0.4, 0.5) is 13.2 Å². The molecule has 108 valence electrons. The Morgan fingerprint density at radius 2 is 2.15 bits per heavy atom. The number of aromatic nitrogens is 4. The Labute approximate surface area is 113 Å². The molecule has 0 spiro atoms. The number of H-pyrrole nitrogens is 2. The van der Waals surface area contributed by atoms with E-state index in [9.17, 15) is 13.2 Å². The SMILES string of the molecule is Cc1cn[nH]c1CN1CCc2[nH]nc(C(F)(F)F)c2C1. The molecular weight excluding hydrogens is 271 g/mol. The monoisotopic (exact) mass is 285 g/mol. The van der Waals surface area contributed by atoms with Gasteiger partial charge in [0, 0.05) is 37.3 Å². The summed E-state index contributed by atoms with van der Waals surface area (Å²) in [4.78, 5) is 1.97. The van der Waals surface area contributed by atoms with Gasteiger partial charge in [-0.2, -0.15) is 23.4 Å². The van der Waals surface area contributed by atoms with Crippen LogP contribution in [0.3, 0.4) is 0 Å². The lowest BCUT2D eigenvalue weighted by Gasteiger charge is -2.26. The van der Waals surface area contributed by atoms with E-state index in [0.29, 0.717) is 25.2 Å². The van der Waals surface area contributed by atoms with E-state index in [1.807, 2.05) is 11.8 Å². The second-order valence-corrected chi connectivity index (χ2v) is 5.02. The lowest BCUT2D eigenvalue weighted by atomic mass is 10.0. The third kappa shape index (κ3) is 2.31. The van der Waals surface area contributed by atoms with Crippen LogP contribution in [-0.2, 0) is 25.7 Å². The highest BCUT2D eigenvalue weighted by Crippen LogP contribution is 2.34. The molecule has 0 aromatic carbocycles. The van der Waals surface area contributed by atoms with Gasteiger partial charge in [0.15, 0.2) is 5.69 Å². The van der Waals surface area contributed by atoms with Crippen molar-refractivity contribution in [3.63, 3.8) is 0 Å². The summed E-state index contributed by atoms with van der Waals surface area (Å²) in [6, 6.07) is 0. The van der Waals surface area contributed by atoms with Gasteiger partial charge in [-0.1, -0.05) is 0 Å². The van der Waals surface area contributed by atoms with E-state index in [1.165, 1.54) is 0 Å². The predicted octanol–water partition coefficient (Wildman–Crippen LogP) is 2.02. The van der Waals surface area contributed by atoms with Crippen LogP contribution >= 0.6 is 0 Å². The van der Waals surface area contributed by atoms with E-state index in [0.717, 1.165) is 11.3 Å². The molecule has 3 heterocycles. The maximum Gasteiger partial charge on any atom is 0.435 e. The van der Waals surface area contributed by atoms with E-state index in [2.05, 4.69) is 20.4 Å². The van der Waals surface area contributed by atoms with Crippen LogP contribution < -0.4 is 0 Å². The molecule has 2 N–H and O–H groups in total. The fourth-order valence-corrected chi connectivity index (χ4v) is 2.48. The zero-order valence-electron chi connectivity index (χ0n) is 10.9. The van der Waals surface area contributed by atoms with Gasteiger partial charge < -0.3 is 0 Å². The molecule has 1 aliphatic rings. The zero-order valence-corrected chi connectivity index (χ0v) is 10.9. The lowest BCUT2D eigenvalue weighted by Crippen LogP contribution is -2.31. The topological polar surface area (TPSA) is 60.6 Å². The molecule has 20 heavy (non-hydrogen) atoms. The van der Waals surface area contributed by atoms with E-state index in [4.69, 9.17) is 0 Å². The summed E-state index contributed by atoms with van der Waals surface area (Å²) in [6.07, 6.45) is -2.15. The minimum absolute atomic E-state index is 0.249. The molecular formula is C12H14F3N5. The van der Waals surface area contributed by atoms with Crippen LogP contribution in [0, 0.1) is 6.92 Å². The highest BCUT2D eigenvalue weighted by atomic mass is 19.4. The second-order valence-electron chi connectivity index (χ2n) is 5.02. The van der Waals surface area contributed by atoms with Gasteiger partial charge >= 0.3 is 6.18 Å². The summed E-state index contributed by atoms with van der Waals surface area (Å²) in [6.45, 7) is 3.44. The van der Waals surface area contributed by atoms with Gasteiger partial charge in [-0.15, -0.1) is 0 Å². The third-order valence-corrected chi connectivity index (χ3v) is 3.60. The van der Waals surface area contributed by atoms with Gasteiger partial charge in [-0.25, -0.2) is 0 Å². The average Bonchev–Trinajstić information content (AvgIpc) is 2.95. The number of hydrogen-bond acceptors (Lipinski definition) is 3. The van der Waals surface area contributed by atoms with E-state index in [-0.39, 0.29) is 12.1 Å². The number of aromatic amines is 2. The van der Waals surface area contributed by atoms with E-state index >= 15 is 0 Å². The maximum atomic E-state index is 12.9. The minimum atomic E-state index is -4.41.